The first-order chi connectivity index (χ1) is 11.0. The normalized spacial score (nSPS) is 14.1. The number of carbonyl (C=O) groups is 1. The number of hydrogen-bond donors (Lipinski definition) is 1. The van der Waals surface area contributed by atoms with Crippen molar-refractivity contribution in [2.75, 3.05) is 19.5 Å². The Kier molecular flexibility index (Phi) is 5.24. The predicted octanol–water partition coefficient (Wildman–Crippen LogP) is 1.13. The number of nitriles is 1. The van der Waals surface area contributed by atoms with E-state index in [0.29, 0.717) is 24.4 Å². The maximum atomic E-state index is 12.2. The van der Waals surface area contributed by atoms with Crippen molar-refractivity contribution in [3.63, 3.8) is 0 Å². The van der Waals surface area contributed by atoms with E-state index in [0.717, 1.165) is 0 Å². The van der Waals surface area contributed by atoms with E-state index in [1.807, 2.05) is 6.07 Å². The maximum absolute atomic E-state index is 12.2. The number of nitrogens with one attached hydrogen (secondary N) is 1. The number of benzene rings is 1. The number of nitrogens with zero attached hydrogens (tertiary/aromatic N) is 1. The number of rotatable bonds is 6. The average molecular weight is 336 g/mol. The Balaban J connectivity index is 1.96. The van der Waals surface area contributed by atoms with Gasteiger partial charge in [-0.05, 0) is 24.3 Å². The fourth-order valence-electron chi connectivity index (χ4n) is 1.99. The molecule has 122 valence electrons. The van der Waals surface area contributed by atoms with Crippen molar-refractivity contribution < 1.29 is 22.7 Å². The summed E-state index contributed by atoms with van der Waals surface area (Å²) in [5, 5.41) is 11.3. The SMILES string of the molecule is COc1ccc(S(=O)(=O)CCC(=O)NC2=C(C#N)CCO2)cc1. The lowest BCUT2D eigenvalue weighted by Gasteiger charge is -2.08. The second-order valence-corrected chi connectivity index (χ2v) is 6.92. The lowest BCUT2D eigenvalue weighted by atomic mass is 10.2. The molecule has 1 aliphatic rings. The molecule has 0 aromatic heterocycles. The van der Waals surface area contributed by atoms with E-state index in [1.165, 1.54) is 19.2 Å². The lowest BCUT2D eigenvalue weighted by molar-refractivity contribution is -0.120. The molecule has 1 heterocycles. The summed E-state index contributed by atoms with van der Waals surface area (Å²) in [6, 6.07) is 7.89. The minimum absolute atomic E-state index is 0.124. The fourth-order valence-corrected chi connectivity index (χ4v) is 3.23. The molecule has 1 aromatic rings. The zero-order valence-electron chi connectivity index (χ0n) is 12.5. The van der Waals surface area contributed by atoms with E-state index < -0.39 is 15.7 Å². The number of methoxy groups -OCH3 is 1. The molecule has 1 aromatic carbocycles. The quantitative estimate of drug-likeness (QED) is 0.835. The first kappa shape index (κ1) is 16.8. The summed E-state index contributed by atoms with van der Waals surface area (Å²) in [6.45, 7) is 0.336. The van der Waals surface area contributed by atoms with E-state index in [2.05, 4.69) is 5.32 Å². The highest BCUT2D eigenvalue weighted by molar-refractivity contribution is 7.91. The van der Waals surface area contributed by atoms with Crippen molar-refractivity contribution in [1.82, 2.24) is 5.32 Å². The van der Waals surface area contributed by atoms with Crippen LogP contribution in [0.15, 0.2) is 40.6 Å². The second-order valence-electron chi connectivity index (χ2n) is 4.81. The molecule has 0 spiro atoms. The molecule has 23 heavy (non-hydrogen) atoms. The summed E-state index contributed by atoms with van der Waals surface area (Å²) in [7, 11) is -2.08. The van der Waals surface area contributed by atoms with Gasteiger partial charge in [0.25, 0.3) is 0 Å². The van der Waals surface area contributed by atoms with Crippen LogP contribution in [-0.2, 0) is 19.4 Å². The molecule has 7 nitrogen and oxygen atoms in total. The molecule has 1 amide bonds. The van der Waals surface area contributed by atoms with Crippen LogP contribution in [0.2, 0.25) is 0 Å². The molecule has 0 saturated heterocycles. The zero-order chi connectivity index (χ0) is 16.9. The van der Waals surface area contributed by atoms with Crippen LogP contribution >= 0.6 is 0 Å². The average Bonchev–Trinajstić information content (AvgIpc) is 3.00. The van der Waals surface area contributed by atoms with Crippen molar-refractivity contribution in [1.29, 1.82) is 5.26 Å². The summed E-state index contributed by atoms with van der Waals surface area (Å²) >= 11 is 0. The monoisotopic (exact) mass is 336 g/mol. The summed E-state index contributed by atoms with van der Waals surface area (Å²) in [5.74, 6) is -0.164. The van der Waals surface area contributed by atoms with E-state index in [4.69, 9.17) is 14.7 Å². The topological polar surface area (TPSA) is 105 Å². The molecule has 0 unspecified atom stereocenters. The van der Waals surface area contributed by atoms with Gasteiger partial charge in [0.2, 0.25) is 11.8 Å². The van der Waals surface area contributed by atoms with Crippen LogP contribution in [0.1, 0.15) is 12.8 Å². The van der Waals surface area contributed by atoms with Gasteiger partial charge < -0.3 is 9.47 Å². The molecular formula is C15H16N2O5S. The molecular weight excluding hydrogens is 320 g/mol. The Labute approximate surface area is 134 Å². The third kappa shape index (κ3) is 4.23. The highest BCUT2D eigenvalue weighted by Gasteiger charge is 2.20. The predicted molar refractivity (Wildman–Crippen MR) is 81.0 cm³/mol. The fraction of sp³-hybridized carbons (Fsp3) is 0.333. The Hall–Kier alpha value is -2.53. The van der Waals surface area contributed by atoms with E-state index in [9.17, 15) is 13.2 Å². The minimum Gasteiger partial charge on any atom is -0.497 e. The molecule has 0 aliphatic carbocycles. The van der Waals surface area contributed by atoms with Crippen LogP contribution in [0.25, 0.3) is 0 Å². The van der Waals surface area contributed by atoms with Gasteiger partial charge in [-0.2, -0.15) is 5.26 Å². The van der Waals surface area contributed by atoms with Crippen LogP contribution in [0.4, 0.5) is 0 Å². The Bertz CT molecular complexity index is 760. The summed E-state index contributed by atoms with van der Waals surface area (Å²) in [4.78, 5) is 11.9. The van der Waals surface area contributed by atoms with Gasteiger partial charge in [0.15, 0.2) is 9.84 Å². The molecule has 0 saturated carbocycles. The van der Waals surface area contributed by atoms with Gasteiger partial charge in [0.05, 0.1) is 29.9 Å². The standard InChI is InChI=1S/C15H16N2O5S/c1-21-12-2-4-13(5-3-12)23(19,20)9-7-14(18)17-15-11(10-16)6-8-22-15/h2-5H,6-9H2,1H3,(H,17,18). The van der Waals surface area contributed by atoms with E-state index in [1.54, 1.807) is 12.1 Å². The van der Waals surface area contributed by atoms with Crippen LogP contribution in [0, 0.1) is 11.3 Å². The van der Waals surface area contributed by atoms with Crippen LogP contribution in [-0.4, -0.2) is 33.8 Å². The van der Waals surface area contributed by atoms with Gasteiger partial charge in [-0.3, -0.25) is 10.1 Å². The molecule has 0 fully saturated rings. The zero-order valence-corrected chi connectivity index (χ0v) is 13.4. The van der Waals surface area contributed by atoms with E-state index in [-0.39, 0.29) is 23.0 Å². The van der Waals surface area contributed by atoms with Gasteiger partial charge in [0.1, 0.15) is 11.8 Å². The highest BCUT2D eigenvalue weighted by Crippen LogP contribution is 2.18. The van der Waals surface area contributed by atoms with Gasteiger partial charge in [-0.25, -0.2) is 8.42 Å². The number of hydrogen-bond acceptors (Lipinski definition) is 6. The van der Waals surface area contributed by atoms with Crippen LogP contribution < -0.4 is 10.1 Å². The largest absolute Gasteiger partial charge is 0.497 e. The number of amides is 1. The Morgan fingerprint density at radius 1 is 1.39 bits per heavy atom. The van der Waals surface area contributed by atoms with Crippen LogP contribution in [0.5, 0.6) is 5.75 Å². The maximum Gasteiger partial charge on any atom is 0.227 e. The molecule has 0 bridgehead atoms. The highest BCUT2D eigenvalue weighted by atomic mass is 32.2. The third-order valence-electron chi connectivity index (χ3n) is 3.28. The van der Waals surface area contributed by atoms with Crippen molar-refractivity contribution in [3.8, 4) is 11.8 Å². The van der Waals surface area contributed by atoms with Gasteiger partial charge in [-0.15, -0.1) is 0 Å². The van der Waals surface area contributed by atoms with Crippen LogP contribution in [0.3, 0.4) is 0 Å². The van der Waals surface area contributed by atoms with Gasteiger partial charge in [0, 0.05) is 12.8 Å². The van der Waals surface area contributed by atoms with Crippen molar-refractivity contribution in [3.05, 3.63) is 35.7 Å². The summed E-state index contributed by atoms with van der Waals surface area (Å²) in [5.41, 5.74) is 0.358. The Morgan fingerprint density at radius 3 is 2.70 bits per heavy atom. The molecule has 0 radical (unpaired) electrons. The number of carbonyl (C=O) groups excluding carboxylic acids is 1. The van der Waals surface area contributed by atoms with Crippen molar-refractivity contribution >= 4 is 15.7 Å². The molecule has 1 N–H and O–H groups in total. The second kappa shape index (κ2) is 7.15. The first-order valence-corrected chi connectivity index (χ1v) is 8.54. The number of ether oxygens (including phenoxy) is 2. The molecule has 8 heteroatoms. The smallest absolute Gasteiger partial charge is 0.227 e. The lowest BCUT2D eigenvalue weighted by Crippen LogP contribution is -2.26. The summed E-state index contributed by atoms with van der Waals surface area (Å²) in [6.07, 6.45) is 0.218. The van der Waals surface area contributed by atoms with Gasteiger partial charge >= 0.3 is 0 Å². The minimum atomic E-state index is -3.57. The third-order valence-corrected chi connectivity index (χ3v) is 5.01. The first-order valence-electron chi connectivity index (χ1n) is 6.89. The molecule has 0 atom stereocenters. The molecule has 1 aliphatic heterocycles. The van der Waals surface area contributed by atoms with E-state index >= 15 is 0 Å². The van der Waals surface area contributed by atoms with Crippen molar-refractivity contribution in [2.45, 2.75) is 17.7 Å². The summed E-state index contributed by atoms with van der Waals surface area (Å²) < 4.78 is 34.5. The van der Waals surface area contributed by atoms with Crippen molar-refractivity contribution in [2.24, 2.45) is 0 Å². The Morgan fingerprint density at radius 2 is 2.09 bits per heavy atom. The molecule has 2 rings (SSSR count). The van der Waals surface area contributed by atoms with Gasteiger partial charge in [-0.1, -0.05) is 0 Å². The number of sulfone groups is 1.